The summed E-state index contributed by atoms with van der Waals surface area (Å²) in [6.45, 7) is 7.11. The molecule has 0 unspecified atom stereocenters. The van der Waals surface area contributed by atoms with E-state index in [1.54, 1.807) is 19.3 Å². The molecular weight excluding hydrogens is 458 g/mol. The van der Waals surface area contributed by atoms with Gasteiger partial charge in [-0.05, 0) is 51.7 Å². The van der Waals surface area contributed by atoms with E-state index in [9.17, 15) is 4.79 Å². The zero-order chi connectivity index (χ0) is 25.1. The van der Waals surface area contributed by atoms with Crippen LogP contribution in [0.15, 0.2) is 24.4 Å². The topological polar surface area (TPSA) is 114 Å². The maximum absolute atomic E-state index is 11.9. The van der Waals surface area contributed by atoms with E-state index in [-0.39, 0.29) is 18.1 Å². The molecule has 1 aliphatic heterocycles. The summed E-state index contributed by atoms with van der Waals surface area (Å²) in [4.78, 5) is 32.2. The highest BCUT2D eigenvalue weighted by molar-refractivity contribution is 5.92. The Kier molecular flexibility index (Phi) is 7.13. The highest BCUT2D eigenvalue weighted by Crippen LogP contribution is 2.35. The van der Waals surface area contributed by atoms with Crippen LogP contribution >= 0.6 is 0 Å². The number of ether oxygens (including phenoxy) is 2. The van der Waals surface area contributed by atoms with E-state index in [2.05, 4.69) is 42.6 Å². The minimum Gasteiger partial charge on any atom is -0.490 e. The monoisotopic (exact) mass is 491 g/mol. The minimum atomic E-state index is -0.224. The number of nitrogens with zero attached hydrogens (tertiary/aromatic N) is 5. The zero-order valence-corrected chi connectivity index (χ0v) is 21.1. The van der Waals surface area contributed by atoms with Crippen molar-refractivity contribution < 1.29 is 14.3 Å². The molecule has 1 amide bonds. The molecule has 10 nitrogen and oxygen atoms in total. The Hall–Kier alpha value is -3.53. The SMILES string of the molecule is CNC(=O)c1ccnc(N[C@H]2CC[C@@H](Oc3cc(N4CCOCC4)cc4nc(C)nc(C)c34)CC2)n1. The van der Waals surface area contributed by atoms with Crippen molar-refractivity contribution in [1.82, 2.24) is 25.3 Å². The van der Waals surface area contributed by atoms with Crippen molar-refractivity contribution in [2.45, 2.75) is 51.7 Å². The molecule has 2 aliphatic rings. The lowest BCUT2D eigenvalue weighted by Crippen LogP contribution is -2.36. The van der Waals surface area contributed by atoms with Gasteiger partial charge in [-0.3, -0.25) is 4.79 Å². The second kappa shape index (κ2) is 10.6. The van der Waals surface area contributed by atoms with Crippen molar-refractivity contribution in [1.29, 1.82) is 0 Å². The quantitative estimate of drug-likeness (QED) is 0.537. The van der Waals surface area contributed by atoms with Gasteiger partial charge in [-0.25, -0.2) is 19.9 Å². The average molecular weight is 492 g/mol. The van der Waals surface area contributed by atoms with Gasteiger partial charge in [-0.1, -0.05) is 0 Å². The number of fused-ring (bicyclic) bond motifs is 1. The number of benzene rings is 1. The summed E-state index contributed by atoms with van der Waals surface area (Å²) < 4.78 is 12.2. The molecule has 10 heteroatoms. The van der Waals surface area contributed by atoms with Crippen LogP contribution in [0.3, 0.4) is 0 Å². The van der Waals surface area contributed by atoms with Gasteiger partial charge in [0, 0.05) is 44.1 Å². The van der Waals surface area contributed by atoms with Crippen LogP contribution in [0.5, 0.6) is 5.75 Å². The number of nitrogens with one attached hydrogen (secondary N) is 2. The van der Waals surface area contributed by atoms with E-state index in [0.29, 0.717) is 11.6 Å². The smallest absolute Gasteiger partial charge is 0.269 e. The Morgan fingerprint density at radius 2 is 1.86 bits per heavy atom. The fourth-order valence-electron chi connectivity index (χ4n) is 5.00. The van der Waals surface area contributed by atoms with E-state index in [4.69, 9.17) is 14.5 Å². The molecule has 2 fully saturated rings. The Morgan fingerprint density at radius 1 is 1.08 bits per heavy atom. The van der Waals surface area contributed by atoms with E-state index in [0.717, 1.165) is 85.8 Å². The van der Waals surface area contributed by atoms with Crippen molar-refractivity contribution in [2.75, 3.05) is 43.6 Å². The average Bonchev–Trinajstić information content (AvgIpc) is 2.89. The standard InChI is InChI=1S/C26H33N7O3/c1-16-24-22(30-17(2)29-16)14-19(33-10-12-35-13-11-33)15-23(24)36-20-6-4-18(5-7-20)31-26-28-9-8-21(32-26)25(34)27-3/h8-9,14-15,18,20H,4-7,10-13H2,1-3H3,(H,27,34)(H,28,31,32)/t18-,20+. The Labute approximate surface area is 210 Å². The number of hydrogen-bond acceptors (Lipinski definition) is 9. The van der Waals surface area contributed by atoms with E-state index < -0.39 is 0 Å². The third-order valence-electron chi connectivity index (χ3n) is 6.83. The maximum atomic E-state index is 11.9. The minimum absolute atomic E-state index is 0.102. The summed E-state index contributed by atoms with van der Waals surface area (Å²) >= 11 is 0. The van der Waals surface area contributed by atoms with E-state index >= 15 is 0 Å². The first kappa shape index (κ1) is 24.2. The van der Waals surface area contributed by atoms with Gasteiger partial charge >= 0.3 is 0 Å². The molecule has 0 spiro atoms. The summed E-state index contributed by atoms with van der Waals surface area (Å²) in [7, 11) is 1.59. The van der Waals surface area contributed by atoms with Crippen LogP contribution in [0.2, 0.25) is 0 Å². The molecule has 0 bridgehead atoms. The zero-order valence-electron chi connectivity index (χ0n) is 21.1. The largest absolute Gasteiger partial charge is 0.490 e. The van der Waals surface area contributed by atoms with Crippen LogP contribution in [0.4, 0.5) is 11.6 Å². The van der Waals surface area contributed by atoms with Crippen molar-refractivity contribution >= 4 is 28.4 Å². The third kappa shape index (κ3) is 5.33. The van der Waals surface area contributed by atoms with Crippen LogP contribution in [-0.4, -0.2) is 71.3 Å². The van der Waals surface area contributed by atoms with Crippen molar-refractivity contribution in [3.8, 4) is 5.75 Å². The van der Waals surface area contributed by atoms with Crippen molar-refractivity contribution in [3.63, 3.8) is 0 Å². The molecule has 0 radical (unpaired) electrons. The van der Waals surface area contributed by atoms with Gasteiger partial charge in [-0.2, -0.15) is 0 Å². The van der Waals surface area contributed by atoms with Gasteiger partial charge in [0.1, 0.15) is 17.3 Å². The number of aryl methyl sites for hydroxylation is 2. The Bertz CT molecular complexity index is 1240. The number of anilines is 2. The van der Waals surface area contributed by atoms with Crippen molar-refractivity contribution in [3.05, 3.63) is 41.6 Å². The third-order valence-corrected chi connectivity index (χ3v) is 6.83. The molecule has 2 N–H and O–H groups in total. The van der Waals surface area contributed by atoms with Crippen LogP contribution in [0.1, 0.15) is 47.7 Å². The number of morpholine rings is 1. The molecule has 1 saturated heterocycles. The fraction of sp³-hybridized carbons (Fsp3) is 0.500. The molecule has 1 aliphatic carbocycles. The fourth-order valence-corrected chi connectivity index (χ4v) is 5.00. The van der Waals surface area contributed by atoms with Crippen LogP contribution in [0, 0.1) is 13.8 Å². The molecule has 3 heterocycles. The van der Waals surface area contributed by atoms with Gasteiger partial charge < -0.3 is 25.0 Å². The normalized spacial score (nSPS) is 20.2. The van der Waals surface area contributed by atoms with Gasteiger partial charge in [-0.15, -0.1) is 0 Å². The number of carbonyl (C=O) groups is 1. The maximum Gasteiger partial charge on any atom is 0.269 e. The van der Waals surface area contributed by atoms with Crippen LogP contribution in [-0.2, 0) is 4.74 Å². The van der Waals surface area contributed by atoms with E-state index in [1.165, 1.54) is 0 Å². The van der Waals surface area contributed by atoms with E-state index in [1.807, 2.05) is 13.8 Å². The lowest BCUT2D eigenvalue weighted by Gasteiger charge is -2.32. The first-order valence-electron chi connectivity index (χ1n) is 12.6. The number of amides is 1. The molecule has 3 aromatic rings. The summed E-state index contributed by atoms with van der Waals surface area (Å²) in [5.41, 5.74) is 3.32. The van der Waals surface area contributed by atoms with Crippen molar-refractivity contribution in [2.24, 2.45) is 0 Å². The molecule has 190 valence electrons. The molecule has 1 aromatic carbocycles. The highest BCUT2D eigenvalue weighted by Gasteiger charge is 2.25. The molecule has 1 saturated carbocycles. The molecule has 36 heavy (non-hydrogen) atoms. The summed E-state index contributed by atoms with van der Waals surface area (Å²) in [6.07, 6.45) is 5.36. The van der Waals surface area contributed by atoms with Crippen LogP contribution in [0.25, 0.3) is 10.9 Å². The molecule has 5 rings (SSSR count). The number of aromatic nitrogens is 4. The lowest BCUT2D eigenvalue weighted by molar-refractivity contribution is 0.0958. The lowest BCUT2D eigenvalue weighted by atomic mass is 9.93. The predicted octanol–water partition coefficient (Wildman–Crippen LogP) is 3.03. The Morgan fingerprint density at radius 3 is 2.61 bits per heavy atom. The predicted molar refractivity (Wildman–Crippen MR) is 138 cm³/mol. The highest BCUT2D eigenvalue weighted by atomic mass is 16.5. The second-order valence-electron chi connectivity index (χ2n) is 9.37. The summed E-state index contributed by atoms with van der Waals surface area (Å²) in [5, 5.41) is 6.96. The molecular formula is C26H33N7O3. The second-order valence-corrected chi connectivity index (χ2v) is 9.37. The van der Waals surface area contributed by atoms with Gasteiger partial charge in [0.25, 0.3) is 5.91 Å². The number of rotatable bonds is 6. The van der Waals surface area contributed by atoms with Gasteiger partial charge in [0.15, 0.2) is 0 Å². The summed E-state index contributed by atoms with van der Waals surface area (Å²) in [6, 6.07) is 6.12. The Balaban J connectivity index is 1.30. The van der Waals surface area contributed by atoms with Gasteiger partial charge in [0.05, 0.1) is 35.9 Å². The first-order valence-corrected chi connectivity index (χ1v) is 12.6. The molecule has 0 atom stereocenters. The number of carbonyl (C=O) groups excluding carboxylic acids is 1. The van der Waals surface area contributed by atoms with Gasteiger partial charge in [0.2, 0.25) is 5.95 Å². The number of hydrogen-bond donors (Lipinski definition) is 2. The van der Waals surface area contributed by atoms with Crippen LogP contribution < -0.4 is 20.3 Å². The first-order chi connectivity index (χ1) is 17.5. The summed E-state index contributed by atoms with van der Waals surface area (Å²) in [5.74, 6) is 1.87. The molecule has 2 aromatic heterocycles.